The molecular weight excluding hydrogens is 403 g/mol. The van der Waals surface area contributed by atoms with E-state index in [1.807, 2.05) is 12.1 Å². The number of hydrogen-bond acceptors (Lipinski definition) is 2. The molecule has 0 aliphatic heterocycles. The van der Waals surface area contributed by atoms with Gasteiger partial charge in [-0.2, -0.15) is 0 Å². The van der Waals surface area contributed by atoms with Gasteiger partial charge in [0.2, 0.25) is 0 Å². The third-order valence-corrected chi connectivity index (χ3v) is 3.64. The summed E-state index contributed by atoms with van der Waals surface area (Å²) in [7, 11) is 9.87. The van der Waals surface area contributed by atoms with Crippen molar-refractivity contribution in [2.75, 3.05) is 35.2 Å². The number of benzene rings is 1. The number of amides is 1. The molecule has 0 N–H and O–H groups in total. The molecule has 0 heterocycles. The fourth-order valence-corrected chi connectivity index (χ4v) is 2.41. The van der Waals surface area contributed by atoms with Gasteiger partial charge in [-0.25, -0.2) is 4.79 Å². The van der Waals surface area contributed by atoms with Gasteiger partial charge < -0.3 is 33.6 Å². The van der Waals surface area contributed by atoms with E-state index < -0.39 is 0 Å². The second kappa shape index (κ2) is 10.1. The van der Waals surface area contributed by atoms with E-state index in [0.717, 1.165) is 10.9 Å². The molecule has 0 saturated heterocycles. The van der Waals surface area contributed by atoms with Crippen LogP contribution in [0.15, 0.2) is 18.2 Å². The van der Waals surface area contributed by atoms with Crippen LogP contribution >= 0.6 is 0 Å². The minimum absolute atomic E-state index is 0. The van der Waals surface area contributed by atoms with Crippen LogP contribution < -0.4 is 33.2 Å². The number of hydrogen-bond donors (Lipinski definition) is 0. The molecule has 0 fully saturated rings. The van der Waals surface area contributed by atoms with Gasteiger partial charge in [-0.1, -0.05) is 26.2 Å². The highest BCUT2D eigenvalue weighted by atomic mass is 127. The summed E-state index contributed by atoms with van der Waals surface area (Å²) in [4.78, 5) is 13.1. The van der Waals surface area contributed by atoms with Crippen LogP contribution in [0, 0.1) is 0 Å². The summed E-state index contributed by atoms with van der Waals surface area (Å²) in [5, 5.41) is 0. The summed E-state index contributed by atoms with van der Waals surface area (Å²) in [6, 6.07) is 5.98. The van der Waals surface area contributed by atoms with Crippen LogP contribution in [0.5, 0.6) is 5.75 Å². The fraction of sp³-hybridized carbons (Fsp3) is 0.611. The highest BCUT2D eigenvalue weighted by molar-refractivity contribution is 5.70. The Labute approximate surface area is 158 Å². The second-order valence-electron chi connectivity index (χ2n) is 6.88. The van der Waals surface area contributed by atoms with E-state index >= 15 is 0 Å². The normalized spacial score (nSPS) is 10.9. The largest absolute Gasteiger partial charge is 1.00 e. The minimum atomic E-state index is -0.338. The maximum atomic E-state index is 11.7. The van der Waals surface area contributed by atoms with Crippen LogP contribution in [0.1, 0.15) is 38.2 Å². The van der Waals surface area contributed by atoms with Crippen molar-refractivity contribution < 1.29 is 33.5 Å². The van der Waals surface area contributed by atoms with Crippen LogP contribution in [-0.2, 0) is 6.42 Å². The molecule has 0 saturated carbocycles. The van der Waals surface area contributed by atoms with E-state index in [-0.39, 0.29) is 30.1 Å². The summed E-state index contributed by atoms with van der Waals surface area (Å²) >= 11 is 0. The summed E-state index contributed by atoms with van der Waals surface area (Å²) < 4.78 is 6.16. The van der Waals surface area contributed by atoms with Crippen LogP contribution in [0.25, 0.3) is 0 Å². The molecule has 4 nitrogen and oxygen atoms in total. The number of quaternary nitrogens is 1. The zero-order valence-corrected chi connectivity index (χ0v) is 17.5. The van der Waals surface area contributed by atoms with Gasteiger partial charge in [-0.15, -0.1) is 0 Å². The number of ether oxygens (including phenoxy) is 1. The van der Waals surface area contributed by atoms with Crippen LogP contribution in [0.2, 0.25) is 0 Å². The Morgan fingerprint density at radius 2 is 1.78 bits per heavy atom. The Morgan fingerprint density at radius 3 is 2.30 bits per heavy atom. The molecule has 132 valence electrons. The van der Waals surface area contributed by atoms with Crippen molar-refractivity contribution in [1.82, 2.24) is 9.38 Å². The number of unbranched alkanes of at least 4 members (excludes halogenated alkanes) is 3. The van der Waals surface area contributed by atoms with E-state index in [0.29, 0.717) is 5.75 Å². The molecule has 1 aromatic carbocycles. The molecule has 0 radical (unpaired) electrons. The van der Waals surface area contributed by atoms with Gasteiger partial charge in [0.1, 0.15) is 11.4 Å². The van der Waals surface area contributed by atoms with E-state index in [9.17, 15) is 4.79 Å². The number of carbonyl (C=O) groups is 1. The summed E-state index contributed by atoms with van der Waals surface area (Å²) in [5.41, 5.74) is 2.55. The van der Waals surface area contributed by atoms with E-state index in [4.69, 9.17) is 4.74 Å². The van der Waals surface area contributed by atoms with Gasteiger partial charge in [0, 0.05) is 25.7 Å². The molecule has 0 spiro atoms. The first kappa shape index (κ1) is 22.2. The van der Waals surface area contributed by atoms with Gasteiger partial charge in [-0.3, -0.25) is 4.48 Å². The van der Waals surface area contributed by atoms with Crippen LogP contribution in [0.3, 0.4) is 0 Å². The molecule has 0 aromatic heterocycles. The van der Waals surface area contributed by atoms with Gasteiger partial charge in [0.05, 0.1) is 21.1 Å². The van der Waals surface area contributed by atoms with Crippen molar-refractivity contribution in [3.8, 4) is 5.75 Å². The molecular formula is C18H31IN2O2. The van der Waals surface area contributed by atoms with Crippen LogP contribution in [0.4, 0.5) is 10.5 Å². The first-order valence-electron chi connectivity index (χ1n) is 8.09. The lowest BCUT2D eigenvalue weighted by Crippen LogP contribution is -3.00. The summed E-state index contributed by atoms with van der Waals surface area (Å²) in [6.45, 7) is 2.22. The first-order valence-corrected chi connectivity index (χ1v) is 8.09. The highest BCUT2D eigenvalue weighted by Gasteiger charge is 2.19. The number of aryl methyl sites for hydroxylation is 1. The highest BCUT2D eigenvalue weighted by Crippen LogP contribution is 2.29. The van der Waals surface area contributed by atoms with Crippen molar-refractivity contribution in [1.29, 1.82) is 0 Å². The average Bonchev–Trinajstić information content (AvgIpc) is 2.42. The Bertz CT molecular complexity index is 496. The quantitative estimate of drug-likeness (QED) is 0.365. The lowest BCUT2D eigenvalue weighted by atomic mass is 10.0. The van der Waals surface area contributed by atoms with Crippen molar-refractivity contribution in [3.63, 3.8) is 0 Å². The Kier molecular flexibility index (Phi) is 9.77. The third kappa shape index (κ3) is 7.52. The molecule has 23 heavy (non-hydrogen) atoms. The molecule has 0 atom stereocenters. The molecule has 0 aliphatic rings. The molecule has 1 aromatic rings. The minimum Gasteiger partial charge on any atom is -1.00 e. The van der Waals surface area contributed by atoms with E-state index in [1.54, 1.807) is 14.1 Å². The predicted octanol–water partition coefficient (Wildman–Crippen LogP) is 1.07. The zero-order valence-electron chi connectivity index (χ0n) is 15.4. The predicted molar refractivity (Wildman–Crippen MR) is 93.6 cm³/mol. The van der Waals surface area contributed by atoms with Gasteiger partial charge in [0.25, 0.3) is 0 Å². The van der Waals surface area contributed by atoms with Gasteiger partial charge in [0.15, 0.2) is 0 Å². The zero-order chi connectivity index (χ0) is 16.8. The summed E-state index contributed by atoms with van der Waals surface area (Å²) in [5.74, 6) is 0.626. The number of halogens is 1. The van der Waals surface area contributed by atoms with Gasteiger partial charge in [-0.05, 0) is 25.0 Å². The average molecular weight is 434 g/mol. The second-order valence-corrected chi connectivity index (χ2v) is 6.88. The van der Waals surface area contributed by atoms with E-state index in [1.165, 1.54) is 41.8 Å². The standard InChI is InChI=1S/C18H31N2O2.HI/c1-7-8-9-10-11-15-14-16(22-18(21)19(2)3)12-13-17(15)20(4,5)6;/h12-14H,7-11H2,1-6H3;1H/q+1;/p-1. The van der Waals surface area contributed by atoms with Crippen molar-refractivity contribution in [2.24, 2.45) is 0 Å². The Hall–Kier alpha value is -0.820. The van der Waals surface area contributed by atoms with Gasteiger partial charge >= 0.3 is 6.09 Å². The maximum absolute atomic E-state index is 11.7. The van der Waals surface area contributed by atoms with Crippen LogP contribution in [-0.4, -0.2) is 46.2 Å². The molecule has 5 heteroatoms. The fourth-order valence-electron chi connectivity index (χ4n) is 2.41. The van der Waals surface area contributed by atoms with Crippen molar-refractivity contribution in [3.05, 3.63) is 23.8 Å². The SMILES string of the molecule is CCCCCCc1cc(OC(=O)N(C)C)ccc1[N+](C)(C)C.[I-]. The van der Waals surface area contributed by atoms with Crippen molar-refractivity contribution >= 4 is 11.8 Å². The molecule has 0 unspecified atom stereocenters. The number of nitrogens with zero attached hydrogens (tertiary/aromatic N) is 2. The topological polar surface area (TPSA) is 29.5 Å². The first-order chi connectivity index (χ1) is 10.3. The monoisotopic (exact) mass is 434 g/mol. The molecule has 1 amide bonds. The maximum Gasteiger partial charge on any atom is 0.414 e. The molecule has 0 aliphatic carbocycles. The smallest absolute Gasteiger partial charge is 0.414 e. The van der Waals surface area contributed by atoms with E-state index in [2.05, 4.69) is 34.1 Å². The number of rotatable bonds is 7. The molecule has 0 bridgehead atoms. The lowest BCUT2D eigenvalue weighted by molar-refractivity contribution is -0.0000102. The Balaban J connectivity index is 0.00000484. The Morgan fingerprint density at radius 1 is 1.13 bits per heavy atom. The summed E-state index contributed by atoms with van der Waals surface area (Å²) in [6.07, 6.45) is 5.62. The number of carbonyl (C=O) groups excluding carboxylic acids is 1. The molecule has 1 rings (SSSR count). The third-order valence-electron chi connectivity index (χ3n) is 3.64. The lowest BCUT2D eigenvalue weighted by Gasteiger charge is -2.26. The van der Waals surface area contributed by atoms with Crippen molar-refractivity contribution in [2.45, 2.75) is 39.0 Å².